The molecule has 2 N–H and O–H groups in total. The molecule has 0 amide bonds. The first-order valence-electron chi connectivity index (χ1n) is 7.59. The Hall–Kier alpha value is -0.940. The molecule has 1 aromatic carbocycles. The van der Waals surface area contributed by atoms with Crippen LogP contribution in [0, 0.1) is 0 Å². The second kappa shape index (κ2) is 9.08. The molecule has 20 heavy (non-hydrogen) atoms. The zero-order chi connectivity index (χ0) is 14.0. The molecule has 0 spiro atoms. The maximum atomic E-state index is 9.20. The summed E-state index contributed by atoms with van der Waals surface area (Å²) in [6.07, 6.45) is 1.90. The number of aliphatic hydroxyl groups excluding tert-OH is 1. The minimum absolute atomic E-state index is 0.218. The fraction of sp³-hybridized carbons (Fsp3) is 0.625. The van der Waals surface area contributed by atoms with Crippen molar-refractivity contribution in [1.82, 2.24) is 10.2 Å². The van der Waals surface area contributed by atoms with Gasteiger partial charge < -0.3 is 15.2 Å². The highest BCUT2D eigenvalue weighted by molar-refractivity contribution is 5.18. The minimum atomic E-state index is 0.218. The van der Waals surface area contributed by atoms with Gasteiger partial charge in [-0.3, -0.25) is 4.90 Å². The lowest BCUT2D eigenvalue weighted by Gasteiger charge is -2.27. The van der Waals surface area contributed by atoms with Gasteiger partial charge in [0.05, 0.1) is 13.2 Å². The fourth-order valence-electron chi connectivity index (χ4n) is 2.60. The average Bonchev–Trinajstić information content (AvgIpc) is 2.52. The molecule has 0 bridgehead atoms. The molecule has 1 aliphatic rings. The van der Waals surface area contributed by atoms with Crippen molar-refractivity contribution in [2.75, 3.05) is 46.0 Å². The van der Waals surface area contributed by atoms with E-state index in [4.69, 9.17) is 4.74 Å². The molecule has 0 aromatic heterocycles. The highest BCUT2D eigenvalue weighted by Gasteiger charge is 2.11. The number of ether oxygens (including phenoxy) is 1. The van der Waals surface area contributed by atoms with Crippen LogP contribution in [0.1, 0.15) is 24.4 Å². The fourth-order valence-corrected chi connectivity index (χ4v) is 2.60. The van der Waals surface area contributed by atoms with Crippen molar-refractivity contribution in [3.8, 4) is 0 Å². The number of nitrogens with one attached hydrogen (secondary N) is 1. The van der Waals surface area contributed by atoms with Gasteiger partial charge in [0.15, 0.2) is 0 Å². The van der Waals surface area contributed by atoms with Crippen LogP contribution in [0.5, 0.6) is 0 Å². The molecule has 1 atom stereocenters. The maximum Gasteiger partial charge on any atom is 0.0594 e. The largest absolute Gasteiger partial charge is 0.396 e. The average molecular weight is 278 g/mol. The van der Waals surface area contributed by atoms with Crippen molar-refractivity contribution in [2.24, 2.45) is 0 Å². The van der Waals surface area contributed by atoms with Gasteiger partial charge in [-0.15, -0.1) is 0 Å². The first-order valence-corrected chi connectivity index (χ1v) is 7.59. The van der Waals surface area contributed by atoms with E-state index in [2.05, 4.69) is 34.5 Å². The van der Waals surface area contributed by atoms with Crippen LogP contribution >= 0.6 is 0 Å². The molecule has 1 fully saturated rings. The summed E-state index contributed by atoms with van der Waals surface area (Å²) in [5.74, 6) is 0. The van der Waals surface area contributed by atoms with Gasteiger partial charge in [-0.2, -0.15) is 0 Å². The standard InChI is InChI=1S/C16H26N2O2/c19-12-7-16(15-5-2-1-3-6-15)17-8-4-9-18-10-13-20-14-11-18/h1-3,5-6,16-17,19H,4,7-14H2. The Morgan fingerprint density at radius 2 is 1.95 bits per heavy atom. The summed E-state index contributed by atoms with van der Waals surface area (Å²) in [4.78, 5) is 2.45. The van der Waals surface area contributed by atoms with Gasteiger partial charge in [0.25, 0.3) is 0 Å². The number of aliphatic hydroxyl groups is 1. The molecule has 1 unspecified atom stereocenters. The normalized spacial score (nSPS) is 18.1. The van der Waals surface area contributed by atoms with E-state index in [9.17, 15) is 5.11 Å². The Morgan fingerprint density at radius 3 is 2.65 bits per heavy atom. The monoisotopic (exact) mass is 278 g/mol. The van der Waals surface area contributed by atoms with Crippen LogP contribution in [0.15, 0.2) is 30.3 Å². The number of hydrogen-bond donors (Lipinski definition) is 2. The number of morpholine rings is 1. The minimum Gasteiger partial charge on any atom is -0.396 e. The van der Waals surface area contributed by atoms with Crippen LogP contribution in [-0.4, -0.2) is 56.0 Å². The van der Waals surface area contributed by atoms with Crippen LogP contribution < -0.4 is 5.32 Å². The Labute approximate surface area is 121 Å². The molecule has 1 aromatic rings. The summed E-state index contributed by atoms with van der Waals surface area (Å²) in [6.45, 7) is 6.16. The van der Waals surface area contributed by atoms with Gasteiger partial charge in [-0.1, -0.05) is 30.3 Å². The number of hydrogen-bond acceptors (Lipinski definition) is 4. The summed E-state index contributed by atoms with van der Waals surface area (Å²) in [5, 5.41) is 12.8. The van der Waals surface area contributed by atoms with Crippen molar-refractivity contribution in [3.05, 3.63) is 35.9 Å². The van der Waals surface area contributed by atoms with Gasteiger partial charge in [0.1, 0.15) is 0 Å². The lowest BCUT2D eigenvalue weighted by Crippen LogP contribution is -2.38. The predicted molar refractivity (Wildman–Crippen MR) is 80.8 cm³/mol. The first-order chi connectivity index (χ1) is 9.90. The number of rotatable bonds is 8. The topological polar surface area (TPSA) is 44.7 Å². The zero-order valence-electron chi connectivity index (χ0n) is 12.1. The van der Waals surface area contributed by atoms with Gasteiger partial charge in [0, 0.05) is 25.7 Å². The highest BCUT2D eigenvalue weighted by atomic mass is 16.5. The quantitative estimate of drug-likeness (QED) is 0.706. The SMILES string of the molecule is OCCC(NCCCN1CCOCC1)c1ccccc1. The molecule has 1 heterocycles. The van der Waals surface area contributed by atoms with Crippen LogP contribution in [0.2, 0.25) is 0 Å². The lowest BCUT2D eigenvalue weighted by molar-refractivity contribution is 0.0373. The third-order valence-electron chi connectivity index (χ3n) is 3.77. The number of nitrogens with zero attached hydrogens (tertiary/aromatic N) is 1. The summed E-state index contributed by atoms with van der Waals surface area (Å²) >= 11 is 0. The van der Waals surface area contributed by atoms with E-state index in [1.165, 1.54) is 5.56 Å². The summed E-state index contributed by atoms with van der Waals surface area (Å²) in [6, 6.07) is 10.6. The molecule has 4 nitrogen and oxygen atoms in total. The molecule has 112 valence electrons. The van der Waals surface area contributed by atoms with Crippen LogP contribution in [0.3, 0.4) is 0 Å². The van der Waals surface area contributed by atoms with Gasteiger partial charge in [0.2, 0.25) is 0 Å². The molecule has 0 saturated carbocycles. The molecular formula is C16H26N2O2. The van der Waals surface area contributed by atoms with E-state index < -0.39 is 0 Å². The van der Waals surface area contributed by atoms with Gasteiger partial charge >= 0.3 is 0 Å². The molecular weight excluding hydrogens is 252 g/mol. The zero-order valence-corrected chi connectivity index (χ0v) is 12.1. The molecule has 1 aliphatic heterocycles. The van der Waals surface area contributed by atoms with Gasteiger partial charge in [-0.05, 0) is 31.5 Å². The van der Waals surface area contributed by atoms with E-state index in [0.29, 0.717) is 0 Å². The van der Waals surface area contributed by atoms with E-state index in [-0.39, 0.29) is 12.6 Å². The van der Waals surface area contributed by atoms with E-state index in [0.717, 1.165) is 52.2 Å². The second-order valence-electron chi connectivity index (χ2n) is 5.24. The lowest BCUT2D eigenvalue weighted by atomic mass is 10.0. The third-order valence-corrected chi connectivity index (χ3v) is 3.77. The molecule has 2 rings (SSSR count). The van der Waals surface area contributed by atoms with E-state index in [1.807, 2.05) is 6.07 Å². The third kappa shape index (κ3) is 5.21. The molecule has 4 heteroatoms. The van der Waals surface area contributed by atoms with Crippen LogP contribution in [0.25, 0.3) is 0 Å². The van der Waals surface area contributed by atoms with E-state index in [1.54, 1.807) is 0 Å². The van der Waals surface area contributed by atoms with Crippen molar-refractivity contribution >= 4 is 0 Å². The Kier molecular flexibility index (Phi) is 7.01. The van der Waals surface area contributed by atoms with Crippen molar-refractivity contribution in [1.29, 1.82) is 0 Å². The maximum absolute atomic E-state index is 9.20. The first kappa shape index (κ1) is 15.4. The summed E-state index contributed by atoms with van der Waals surface area (Å²) in [7, 11) is 0. The van der Waals surface area contributed by atoms with Crippen molar-refractivity contribution in [3.63, 3.8) is 0 Å². The Balaban J connectivity index is 1.69. The summed E-state index contributed by atoms with van der Waals surface area (Å²) in [5.41, 5.74) is 1.26. The van der Waals surface area contributed by atoms with E-state index >= 15 is 0 Å². The Bertz CT molecular complexity index is 353. The van der Waals surface area contributed by atoms with Crippen molar-refractivity contribution < 1.29 is 9.84 Å². The highest BCUT2D eigenvalue weighted by Crippen LogP contribution is 2.15. The Morgan fingerprint density at radius 1 is 1.20 bits per heavy atom. The van der Waals surface area contributed by atoms with Crippen LogP contribution in [0.4, 0.5) is 0 Å². The number of benzene rings is 1. The van der Waals surface area contributed by atoms with Gasteiger partial charge in [-0.25, -0.2) is 0 Å². The van der Waals surface area contributed by atoms with Crippen LogP contribution in [-0.2, 0) is 4.74 Å². The summed E-state index contributed by atoms with van der Waals surface area (Å²) < 4.78 is 5.35. The molecule has 1 saturated heterocycles. The van der Waals surface area contributed by atoms with Crippen molar-refractivity contribution in [2.45, 2.75) is 18.9 Å². The second-order valence-corrected chi connectivity index (χ2v) is 5.24. The smallest absolute Gasteiger partial charge is 0.0594 e. The molecule has 0 radical (unpaired) electrons. The predicted octanol–water partition coefficient (Wildman–Crippen LogP) is 1.42. The molecule has 0 aliphatic carbocycles.